The molecule has 3 aromatic heterocycles. The summed E-state index contributed by atoms with van der Waals surface area (Å²) in [6.45, 7) is 0. The van der Waals surface area contributed by atoms with E-state index in [0.717, 1.165) is 27.5 Å². The number of para-hydroxylation sites is 1. The zero-order valence-electron chi connectivity index (χ0n) is 8.88. The van der Waals surface area contributed by atoms with E-state index in [-0.39, 0.29) is 0 Å². The number of hydrogen-bond donors (Lipinski definition) is 1. The van der Waals surface area contributed by atoms with Gasteiger partial charge >= 0.3 is 0 Å². The monoisotopic (exact) mass is 220 g/mol. The minimum atomic E-state index is 0.721. The van der Waals surface area contributed by atoms with Crippen molar-refractivity contribution in [2.75, 3.05) is 0 Å². The number of pyridine rings is 1. The summed E-state index contributed by atoms with van der Waals surface area (Å²) in [5.41, 5.74) is 2.89. The van der Waals surface area contributed by atoms with Crippen LogP contribution >= 0.6 is 0 Å². The molecule has 1 N–H and O–H groups in total. The Hall–Kier alpha value is -2.49. The number of H-pyrrole nitrogens is 1. The van der Waals surface area contributed by atoms with Crippen LogP contribution in [0.5, 0.6) is 0 Å². The lowest BCUT2D eigenvalue weighted by Gasteiger charge is -1.96. The molecule has 3 heterocycles. The second kappa shape index (κ2) is 3.01. The molecule has 0 radical (unpaired) electrons. The van der Waals surface area contributed by atoms with Gasteiger partial charge in [0, 0.05) is 28.7 Å². The molecule has 0 fully saturated rings. The first kappa shape index (κ1) is 8.64. The lowest BCUT2D eigenvalue weighted by Crippen LogP contribution is -1.85. The molecule has 0 aliphatic rings. The highest BCUT2D eigenvalue weighted by molar-refractivity contribution is 6.14. The first-order chi connectivity index (χ1) is 8.43. The number of nitrogens with zero attached hydrogens (tertiary/aromatic N) is 3. The third kappa shape index (κ3) is 1.09. The van der Waals surface area contributed by atoms with Gasteiger partial charge in [-0.2, -0.15) is 0 Å². The number of aromatic nitrogens is 4. The Morgan fingerprint density at radius 1 is 0.882 bits per heavy atom. The molecule has 80 valence electrons. The van der Waals surface area contributed by atoms with E-state index in [0.29, 0.717) is 0 Å². The average molecular weight is 220 g/mol. The van der Waals surface area contributed by atoms with Crippen LogP contribution in [0.3, 0.4) is 0 Å². The fraction of sp³-hybridized carbons (Fsp3) is 0. The molecular weight excluding hydrogens is 212 g/mol. The van der Waals surface area contributed by atoms with Crippen molar-refractivity contribution in [3.8, 4) is 0 Å². The summed E-state index contributed by atoms with van der Waals surface area (Å²) in [5, 5.41) is 3.25. The van der Waals surface area contributed by atoms with Gasteiger partial charge in [-0.25, -0.2) is 15.0 Å². The largest absolute Gasteiger partial charge is 0.354 e. The zero-order valence-corrected chi connectivity index (χ0v) is 8.88. The Balaban J connectivity index is 2.34. The second-order valence-corrected chi connectivity index (χ2v) is 3.98. The molecule has 17 heavy (non-hydrogen) atoms. The third-order valence-electron chi connectivity index (χ3n) is 3.02. The van der Waals surface area contributed by atoms with Gasteiger partial charge < -0.3 is 4.98 Å². The van der Waals surface area contributed by atoms with Crippen molar-refractivity contribution in [3.63, 3.8) is 0 Å². The SMILES string of the molecule is c1ccc2c(c1)[nH]c1c3cncnc3ncc21. The smallest absolute Gasteiger partial charge is 0.164 e. The van der Waals surface area contributed by atoms with Crippen molar-refractivity contribution < 1.29 is 0 Å². The topological polar surface area (TPSA) is 54.5 Å². The van der Waals surface area contributed by atoms with Crippen LogP contribution in [0.25, 0.3) is 32.8 Å². The summed E-state index contributed by atoms with van der Waals surface area (Å²) in [4.78, 5) is 16.0. The highest BCUT2D eigenvalue weighted by Gasteiger charge is 2.08. The Morgan fingerprint density at radius 3 is 2.82 bits per heavy atom. The summed E-state index contributed by atoms with van der Waals surface area (Å²) >= 11 is 0. The van der Waals surface area contributed by atoms with Crippen molar-refractivity contribution in [2.45, 2.75) is 0 Å². The normalized spacial score (nSPS) is 11.5. The van der Waals surface area contributed by atoms with Gasteiger partial charge in [0.15, 0.2) is 5.65 Å². The van der Waals surface area contributed by atoms with Crippen molar-refractivity contribution in [3.05, 3.63) is 43.0 Å². The quantitative estimate of drug-likeness (QED) is 0.495. The van der Waals surface area contributed by atoms with Gasteiger partial charge in [-0.3, -0.25) is 0 Å². The maximum absolute atomic E-state index is 4.36. The van der Waals surface area contributed by atoms with E-state index < -0.39 is 0 Å². The summed E-state index contributed by atoms with van der Waals surface area (Å²) in [5.74, 6) is 0. The molecule has 0 spiro atoms. The minimum Gasteiger partial charge on any atom is -0.354 e. The molecule has 0 unspecified atom stereocenters. The summed E-state index contributed by atoms with van der Waals surface area (Å²) in [7, 11) is 0. The van der Waals surface area contributed by atoms with E-state index in [1.165, 1.54) is 11.7 Å². The Kier molecular flexibility index (Phi) is 1.53. The van der Waals surface area contributed by atoms with Gasteiger partial charge in [-0.05, 0) is 6.07 Å². The molecule has 1 aromatic carbocycles. The Bertz CT molecular complexity index is 848. The molecule has 4 rings (SSSR count). The van der Waals surface area contributed by atoms with Crippen LogP contribution in [-0.2, 0) is 0 Å². The van der Waals surface area contributed by atoms with Gasteiger partial charge in [0.25, 0.3) is 0 Å². The fourth-order valence-electron chi connectivity index (χ4n) is 2.24. The molecule has 0 aliphatic heterocycles. The third-order valence-corrected chi connectivity index (χ3v) is 3.02. The first-order valence-electron chi connectivity index (χ1n) is 5.38. The Morgan fingerprint density at radius 2 is 1.82 bits per heavy atom. The average Bonchev–Trinajstić information content (AvgIpc) is 2.78. The van der Waals surface area contributed by atoms with E-state index in [1.54, 1.807) is 6.20 Å². The lowest BCUT2D eigenvalue weighted by atomic mass is 10.2. The number of benzene rings is 1. The van der Waals surface area contributed by atoms with Crippen LogP contribution in [0, 0.1) is 0 Å². The summed E-state index contributed by atoms with van der Waals surface area (Å²) in [6, 6.07) is 8.20. The molecule has 0 saturated carbocycles. The van der Waals surface area contributed by atoms with E-state index in [9.17, 15) is 0 Å². The fourth-order valence-corrected chi connectivity index (χ4v) is 2.24. The molecular formula is C13H8N4. The van der Waals surface area contributed by atoms with E-state index in [2.05, 4.69) is 32.1 Å². The number of nitrogens with one attached hydrogen (secondary N) is 1. The molecule has 0 atom stereocenters. The van der Waals surface area contributed by atoms with Crippen LogP contribution in [0.2, 0.25) is 0 Å². The molecule has 4 heteroatoms. The number of aromatic amines is 1. The summed E-state index contributed by atoms with van der Waals surface area (Å²) < 4.78 is 0. The van der Waals surface area contributed by atoms with Crippen molar-refractivity contribution in [2.24, 2.45) is 0 Å². The maximum Gasteiger partial charge on any atom is 0.164 e. The summed E-state index contributed by atoms with van der Waals surface area (Å²) in [6.07, 6.45) is 5.18. The number of hydrogen-bond acceptors (Lipinski definition) is 3. The van der Waals surface area contributed by atoms with Gasteiger partial charge in [-0.15, -0.1) is 0 Å². The van der Waals surface area contributed by atoms with Crippen molar-refractivity contribution in [1.29, 1.82) is 0 Å². The number of fused-ring (bicyclic) bond motifs is 5. The van der Waals surface area contributed by atoms with Gasteiger partial charge in [-0.1, -0.05) is 18.2 Å². The maximum atomic E-state index is 4.36. The molecule has 0 amide bonds. The van der Waals surface area contributed by atoms with Gasteiger partial charge in [0.2, 0.25) is 0 Å². The standard InChI is InChI=1S/C13H8N4/c1-2-4-11-8(3-1)9-6-15-13-10(12(9)17-11)5-14-7-16-13/h1-7,17H. The number of rotatable bonds is 0. The predicted octanol–water partition coefficient (Wildman–Crippen LogP) is 2.66. The molecule has 0 bridgehead atoms. The highest BCUT2D eigenvalue weighted by atomic mass is 14.9. The van der Waals surface area contributed by atoms with Gasteiger partial charge in [0.1, 0.15) is 6.33 Å². The van der Waals surface area contributed by atoms with Crippen LogP contribution in [0.15, 0.2) is 43.0 Å². The van der Waals surface area contributed by atoms with Crippen LogP contribution < -0.4 is 0 Å². The van der Waals surface area contributed by atoms with E-state index in [1.807, 2.05) is 18.3 Å². The zero-order chi connectivity index (χ0) is 11.2. The van der Waals surface area contributed by atoms with Crippen LogP contribution in [0.1, 0.15) is 0 Å². The Labute approximate surface area is 96.3 Å². The van der Waals surface area contributed by atoms with Crippen LogP contribution in [0.4, 0.5) is 0 Å². The molecule has 4 aromatic rings. The van der Waals surface area contributed by atoms with E-state index in [4.69, 9.17) is 0 Å². The van der Waals surface area contributed by atoms with Crippen LogP contribution in [-0.4, -0.2) is 19.9 Å². The molecule has 4 nitrogen and oxygen atoms in total. The second-order valence-electron chi connectivity index (χ2n) is 3.98. The molecule has 0 saturated heterocycles. The van der Waals surface area contributed by atoms with Crippen molar-refractivity contribution in [1.82, 2.24) is 19.9 Å². The predicted molar refractivity (Wildman–Crippen MR) is 66.7 cm³/mol. The lowest BCUT2D eigenvalue weighted by molar-refractivity contribution is 1.19. The molecule has 0 aliphatic carbocycles. The first-order valence-corrected chi connectivity index (χ1v) is 5.38. The minimum absolute atomic E-state index is 0.721. The van der Waals surface area contributed by atoms with Crippen molar-refractivity contribution >= 4 is 32.8 Å². The van der Waals surface area contributed by atoms with Gasteiger partial charge in [0.05, 0.1) is 10.9 Å². The highest BCUT2D eigenvalue weighted by Crippen LogP contribution is 2.28. The van der Waals surface area contributed by atoms with E-state index >= 15 is 0 Å².